The van der Waals surface area contributed by atoms with Gasteiger partial charge in [-0.3, -0.25) is 5.10 Å². The SMILES string of the molecule is FC(F)(F)C1CCCCC1NCc1ccn[nH]1. The second kappa shape index (κ2) is 5.08. The van der Waals surface area contributed by atoms with Crippen molar-refractivity contribution in [2.75, 3.05) is 0 Å². The molecule has 0 aromatic carbocycles. The zero-order valence-corrected chi connectivity index (χ0v) is 9.43. The van der Waals surface area contributed by atoms with E-state index in [1.54, 1.807) is 12.3 Å². The molecule has 0 saturated heterocycles. The molecule has 96 valence electrons. The average molecular weight is 247 g/mol. The van der Waals surface area contributed by atoms with Gasteiger partial charge in [0.1, 0.15) is 0 Å². The first-order valence-electron chi connectivity index (χ1n) is 5.86. The van der Waals surface area contributed by atoms with Gasteiger partial charge in [0.05, 0.1) is 5.92 Å². The first-order chi connectivity index (χ1) is 8.07. The van der Waals surface area contributed by atoms with Crippen molar-refractivity contribution in [3.63, 3.8) is 0 Å². The fraction of sp³-hybridized carbons (Fsp3) is 0.727. The van der Waals surface area contributed by atoms with Crippen LogP contribution in [0, 0.1) is 5.92 Å². The summed E-state index contributed by atoms with van der Waals surface area (Å²) in [6.07, 6.45) is -0.118. The number of nitrogens with one attached hydrogen (secondary N) is 2. The zero-order chi connectivity index (χ0) is 12.3. The Morgan fingerprint density at radius 2 is 2.12 bits per heavy atom. The average Bonchev–Trinajstić information content (AvgIpc) is 2.78. The van der Waals surface area contributed by atoms with Gasteiger partial charge in [-0.15, -0.1) is 0 Å². The molecule has 0 aliphatic heterocycles. The van der Waals surface area contributed by atoms with Crippen LogP contribution in [0.2, 0.25) is 0 Å². The van der Waals surface area contributed by atoms with Gasteiger partial charge in [-0.1, -0.05) is 12.8 Å². The van der Waals surface area contributed by atoms with Gasteiger partial charge in [-0.25, -0.2) is 0 Å². The molecule has 1 aliphatic rings. The number of aromatic nitrogens is 2. The molecule has 6 heteroatoms. The Bertz CT molecular complexity index is 334. The maximum absolute atomic E-state index is 12.8. The highest BCUT2D eigenvalue weighted by molar-refractivity contribution is 4.98. The van der Waals surface area contributed by atoms with Crippen LogP contribution in [-0.2, 0) is 6.54 Å². The normalized spacial score (nSPS) is 26.1. The maximum atomic E-state index is 12.8. The molecule has 2 unspecified atom stereocenters. The van der Waals surface area contributed by atoms with E-state index in [1.165, 1.54) is 0 Å². The van der Waals surface area contributed by atoms with Gasteiger partial charge >= 0.3 is 6.18 Å². The van der Waals surface area contributed by atoms with Crippen LogP contribution < -0.4 is 5.32 Å². The highest BCUT2D eigenvalue weighted by Crippen LogP contribution is 2.37. The molecule has 1 heterocycles. The highest BCUT2D eigenvalue weighted by atomic mass is 19.4. The lowest BCUT2D eigenvalue weighted by molar-refractivity contribution is -0.189. The maximum Gasteiger partial charge on any atom is 0.393 e. The van der Waals surface area contributed by atoms with Crippen LogP contribution >= 0.6 is 0 Å². The lowest BCUT2D eigenvalue weighted by Gasteiger charge is -2.33. The van der Waals surface area contributed by atoms with Crippen molar-refractivity contribution >= 4 is 0 Å². The molecule has 1 saturated carbocycles. The van der Waals surface area contributed by atoms with E-state index in [0.29, 0.717) is 19.4 Å². The van der Waals surface area contributed by atoms with Gasteiger partial charge in [0.25, 0.3) is 0 Å². The summed E-state index contributed by atoms with van der Waals surface area (Å²) >= 11 is 0. The Labute approximate surface area is 97.8 Å². The fourth-order valence-electron chi connectivity index (χ4n) is 2.39. The molecular weight excluding hydrogens is 231 g/mol. The smallest absolute Gasteiger partial charge is 0.308 e. The number of rotatable bonds is 3. The molecule has 2 atom stereocenters. The quantitative estimate of drug-likeness (QED) is 0.862. The van der Waals surface area contributed by atoms with Crippen molar-refractivity contribution in [3.8, 4) is 0 Å². The molecule has 1 aliphatic carbocycles. The molecular formula is C11H16F3N3. The standard InChI is InChI=1S/C11H16F3N3/c12-11(13,14)9-3-1-2-4-10(9)15-7-8-5-6-16-17-8/h5-6,9-10,15H,1-4,7H2,(H,16,17). The van der Waals surface area contributed by atoms with Gasteiger partial charge in [0, 0.05) is 24.5 Å². The first-order valence-corrected chi connectivity index (χ1v) is 5.86. The Morgan fingerprint density at radius 1 is 1.35 bits per heavy atom. The molecule has 1 aromatic rings. The van der Waals surface area contributed by atoms with Crippen LogP contribution in [0.15, 0.2) is 12.3 Å². The van der Waals surface area contributed by atoms with Crippen molar-refractivity contribution in [2.24, 2.45) is 5.92 Å². The fourth-order valence-corrected chi connectivity index (χ4v) is 2.39. The topological polar surface area (TPSA) is 40.7 Å². The summed E-state index contributed by atoms with van der Waals surface area (Å²) in [6, 6.07) is 1.30. The van der Waals surface area contributed by atoms with E-state index in [9.17, 15) is 13.2 Å². The third-order valence-corrected chi connectivity index (χ3v) is 3.30. The molecule has 0 amide bonds. The number of H-pyrrole nitrogens is 1. The number of halogens is 3. The van der Waals surface area contributed by atoms with Gasteiger partial charge < -0.3 is 5.32 Å². The summed E-state index contributed by atoms with van der Waals surface area (Å²) in [5, 5.41) is 9.49. The van der Waals surface area contributed by atoms with Crippen LogP contribution in [-0.4, -0.2) is 22.4 Å². The minimum atomic E-state index is -4.09. The lowest BCUT2D eigenvalue weighted by atomic mass is 9.84. The Kier molecular flexibility index (Phi) is 3.71. The molecule has 0 bridgehead atoms. The van der Waals surface area contributed by atoms with Crippen molar-refractivity contribution in [1.82, 2.24) is 15.5 Å². The summed E-state index contributed by atoms with van der Waals surface area (Å²) in [5.41, 5.74) is 0.816. The molecule has 1 aromatic heterocycles. The predicted molar refractivity (Wildman–Crippen MR) is 57.2 cm³/mol. The summed E-state index contributed by atoms with van der Waals surface area (Å²) in [6.45, 7) is 0.414. The van der Waals surface area contributed by atoms with Crippen LogP contribution in [0.4, 0.5) is 13.2 Å². The lowest BCUT2D eigenvalue weighted by Crippen LogP contribution is -2.45. The predicted octanol–water partition coefficient (Wildman–Crippen LogP) is 2.62. The van der Waals surface area contributed by atoms with Crippen LogP contribution in [0.3, 0.4) is 0 Å². The largest absolute Gasteiger partial charge is 0.393 e. The van der Waals surface area contributed by atoms with Crippen LogP contribution in [0.1, 0.15) is 31.4 Å². The van der Waals surface area contributed by atoms with Gasteiger partial charge in [0.2, 0.25) is 0 Å². The van der Waals surface area contributed by atoms with Gasteiger partial charge in [-0.2, -0.15) is 18.3 Å². The van der Waals surface area contributed by atoms with E-state index in [4.69, 9.17) is 0 Å². The molecule has 2 rings (SSSR count). The van der Waals surface area contributed by atoms with Crippen molar-refractivity contribution < 1.29 is 13.2 Å². The Morgan fingerprint density at radius 3 is 2.76 bits per heavy atom. The Hall–Kier alpha value is -1.04. The van der Waals surface area contributed by atoms with E-state index in [0.717, 1.165) is 12.1 Å². The van der Waals surface area contributed by atoms with E-state index in [-0.39, 0.29) is 6.42 Å². The number of nitrogens with zero attached hydrogens (tertiary/aromatic N) is 1. The number of hydrogen-bond acceptors (Lipinski definition) is 2. The van der Waals surface area contributed by atoms with Crippen LogP contribution in [0.5, 0.6) is 0 Å². The Balaban J connectivity index is 1.92. The van der Waals surface area contributed by atoms with Crippen molar-refractivity contribution in [1.29, 1.82) is 0 Å². The van der Waals surface area contributed by atoms with Crippen molar-refractivity contribution in [3.05, 3.63) is 18.0 Å². The molecule has 0 spiro atoms. The van der Waals surface area contributed by atoms with E-state index in [2.05, 4.69) is 15.5 Å². The summed E-state index contributed by atoms with van der Waals surface area (Å²) in [5.74, 6) is -1.21. The second-order valence-electron chi connectivity index (χ2n) is 4.50. The third kappa shape index (κ3) is 3.21. The second-order valence-corrected chi connectivity index (χ2v) is 4.50. The van der Waals surface area contributed by atoms with E-state index >= 15 is 0 Å². The van der Waals surface area contributed by atoms with Gasteiger partial charge in [0.15, 0.2) is 0 Å². The van der Waals surface area contributed by atoms with E-state index in [1.807, 2.05) is 0 Å². The highest BCUT2D eigenvalue weighted by Gasteiger charge is 2.45. The van der Waals surface area contributed by atoms with Crippen molar-refractivity contribution in [2.45, 2.75) is 44.4 Å². The zero-order valence-electron chi connectivity index (χ0n) is 9.43. The number of hydrogen-bond donors (Lipinski definition) is 2. The number of alkyl halides is 3. The van der Waals surface area contributed by atoms with Crippen LogP contribution in [0.25, 0.3) is 0 Å². The minimum absolute atomic E-state index is 0.240. The number of aromatic amines is 1. The van der Waals surface area contributed by atoms with Gasteiger partial charge in [-0.05, 0) is 18.9 Å². The van der Waals surface area contributed by atoms with E-state index < -0.39 is 18.1 Å². The first kappa shape index (κ1) is 12.4. The molecule has 17 heavy (non-hydrogen) atoms. The minimum Gasteiger partial charge on any atom is -0.308 e. The molecule has 0 radical (unpaired) electrons. The monoisotopic (exact) mass is 247 g/mol. The summed E-state index contributed by atoms with van der Waals surface area (Å²) in [4.78, 5) is 0. The molecule has 1 fully saturated rings. The molecule has 2 N–H and O–H groups in total. The molecule has 3 nitrogen and oxygen atoms in total. The summed E-state index contributed by atoms with van der Waals surface area (Å²) in [7, 11) is 0. The third-order valence-electron chi connectivity index (χ3n) is 3.30. The summed E-state index contributed by atoms with van der Waals surface area (Å²) < 4.78 is 38.4.